The highest BCUT2D eigenvalue weighted by Crippen LogP contribution is 2.15. The van der Waals surface area contributed by atoms with Gasteiger partial charge < -0.3 is 10.8 Å². The number of Topliss-reactive ketones (excluding diaryl/α,β-unsaturated/α-hetero) is 1. The fourth-order valence-electron chi connectivity index (χ4n) is 1.83. The molecule has 0 atom stereocenters. The van der Waals surface area contributed by atoms with E-state index in [9.17, 15) is 9.18 Å². The third kappa shape index (κ3) is 4.22. The molecule has 108 valence electrons. The van der Waals surface area contributed by atoms with Crippen molar-refractivity contribution in [2.75, 3.05) is 0 Å². The molecule has 0 spiro atoms. The summed E-state index contributed by atoms with van der Waals surface area (Å²) in [5.74, 6) is -0.456. The van der Waals surface area contributed by atoms with Crippen LogP contribution in [-0.2, 0) is 6.61 Å². The molecule has 0 saturated heterocycles. The summed E-state index contributed by atoms with van der Waals surface area (Å²) in [6, 6.07) is 12.2. The first-order valence-electron chi connectivity index (χ1n) is 6.40. The van der Waals surface area contributed by atoms with E-state index in [2.05, 4.69) is 4.99 Å². The molecule has 0 amide bonds. The van der Waals surface area contributed by atoms with Crippen molar-refractivity contribution in [3.05, 3.63) is 65.5 Å². The Kier molecular flexibility index (Phi) is 4.79. The topological polar surface area (TPSA) is 75.7 Å². The molecule has 0 aromatic heterocycles. The second kappa shape index (κ2) is 6.76. The van der Waals surface area contributed by atoms with Gasteiger partial charge in [-0.05, 0) is 42.0 Å². The Hall–Kier alpha value is -2.53. The molecule has 0 aliphatic heterocycles. The number of nitrogens with two attached hydrogens (primary N) is 1. The third-order valence-corrected chi connectivity index (χ3v) is 2.87. The monoisotopic (exact) mass is 286 g/mol. The van der Waals surface area contributed by atoms with E-state index in [1.54, 1.807) is 24.3 Å². The van der Waals surface area contributed by atoms with Gasteiger partial charge in [0, 0.05) is 5.56 Å². The summed E-state index contributed by atoms with van der Waals surface area (Å²) < 4.78 is 12.8. The molecule has 2 aromatic carbocycles. The van der Waals surface area contributed by atoms with Crippen LogP contribution in [-0.4, -0.2) is 16.7 Å². The van der Waals surface area contributed by atoms with Crippen molar-refractivity contribution >= 4 is 17.3 Å². The molecule has 2 rings (SSSR count). The number of carbonyl (C=O) groups is 1. The van der Waals surface area contributed by atoms with Crippen LogP contribution in [0.5, 0.6) is 0 Å². The molecule has 0 bridgehead atoms. The Morgan fingerprint density at radius 2 is 1.90 bits per heavy atom. The lowest BCUT2D eigenvalue weighted by Gasteiger charge is -2.03. The fraction of sp³-hybridized carbons (Fsp3) is 0.125. The number of hydrogen-bond acceptors (Lipinski definition) is 3. The highest BCUT2D eigenvalue weighted by atomic mass is 19.1. The van der Waals surface area contributed by atoms with E-state index in [1.165, 1.54) is 24.3 Å². The van der Waals surface area contributed by atoms with Gasteiger partial charge in [0.1, 0.15) is 11.7 Å². The van der Waals surface area contributed by atoms with Crippen molar-refractivity contribution in [1.29, 1.82) is 0 Å². The molecule has 4 nitrogen and oxygen atoms in total. The molecule has 0 fully saturated rings. The highest BCUT2D eigenvalue weighted by Gasteiger charge is 2.08. The number of benzene rings is 2. The van der Waals surface area contributed by atoms with Crippen molar-refractivity contribution < 1.29 is 14.3 Å². The molecule has 3 N–H and O–H groups in total. The molecular weight excluding hydrogens is 271 g/mol. The van der Waals surface area contributed by atoms with Crippen molar-refractivity contribution in [1.82, 2.24) is 0 Å². The number of aliphatic imine (C=N–C) groups is 1. The maximum absolute atomic E-state index is 12.8. The lowest BCUT2D eigenvalue weighted by molar-refractivity contribution is 0.100. The predicted molar refractivity (Wildman–Crippen MR) is 79.0 cm³/mol. The van der Waals surface area contributed by atoms with Crippen LogP contribution in [0.4, 0.5) is 10.1 Å². The molecule has 0 aliphatic carbocycles. The summed E-state index contributed by atoms with van der Waals surface area (Å²) in [4.78, 5) is 16.1. The second-order valence-electron chi connectivity index (χ2n) is 4.54. The van der Waals surface area contributed by atoms with E-state index in [0.717, 1.165) is 0 Å². The van der Waals surface area contributed by atoms with E-state index >= 15 is 0 Å². The second-order valence-corrected chi connectivity index (χ2v) is 4.54. The minimum atomic E-state index is -0.394. The van der Waals surface area contributed by atoms with Gasteiger partial charge >= 0.3 is 0 Å². The Balaban J connectivity index is 2.09. The molecule has 21 heavy (non-hydrogen) atoms. The van der Waals surface area contributed by atoms with Crippen LogP contribution in [0, 0.1) is 5.82 Å². The lowest BCUT2D eigenvalue weighted by atomic mass is 10.1. The van der Waals surface area contributed by atoms with Crippen LogP contribution in [0.25, 0.3) is 0 Å². The SMILES string of the molecule is NC(CC(=O)c1ccc(F)cc1)=Nc1cccc(CO)c1. The Morgan fingerprint density at radius 1 is 1.19 bits per heavy atom. The number of halogens is 1. The van der Waals surface area contributed by atoms with Gasteiger partial charge in [-0.25, -0.2) is 9.38 Å². The van der Waals surface area contributed by atoms with Crippen molar-refractivity contribution in [2.45, 2.75) is 13.0 Å². The summed E-state index contributed by atoms with van der Waals surface area (Å²) in [5.41, 5.74) is 7.44. The zero-order chi connectivity index (χ0) is 15.2. The number of nitrogens with zero attached hydrogens (tertiary/aromatic N) is 1. The van der Waals surface area contributed by atoms with E-state index in [-0.39, 0.29) is 24.6 Å². The summed E-state index contributed by atoms with van der Waals surface area (Å²) in [6.07, 6.45) is -0.0466. The van der Waals surface area contributed by atoms with Crippen molar-refractivity contribution in [2.24, 2.45) is 10.7 Å². The van der Waals surface area contributed by atoms with Crippen molar-refractivity contribution in [3.8, 4) is 0 Å². The number of rotatable bonds is 5. The van der Waals surface area contributed by atoms with E-state index in [4.69, 9.17) is 10.8 Å². The predicted octanol–water partition coefficient (Wildman–Crippen LogP) is 2.58. The van der Waals surface area contributed by atoms with Gasteiger partial charge in [-0.3, -0.25) is 4.79 Å². The summed E-state index contributed by atoms with van der Waals surface area (Å²) in [5, 5.41) is 9.05. The molecule has 0 heterocycles. The highest BCUT2D eigenvalue weighted by molar-refractivity contribution is 6.09. The van der Waals surface area contributed by atoms with Gasteiger partial charge in [0.25, 0.3) is 0 Å². The first-order chi connectivity index (χ1) is 10.1. The van der Waals surface area contributed by atoms with Crippen LogP contribution in [0.1, 0.15) is 22.3 Å². The van der Waals surface area contributed by atoms with Gasteiger partial charge in [0.15, 0.2) is 5.78 Å². The Morgan fingerprint density at radius 3 is 2.57 bits per heavy atom. The summed E-state index contributed by atoms with van der Waals surface area (Å²) in [7, 11) is 0. The normalized spacial score (nSPS) is 11.4. The molecule has 0 radical (unpaired) electrons. The van der Waals surface area contributed by atoms with Gasteiger partial charge in [-0.15, -0.1) is 0 Å². The average molecular weight is 286 g/mol. The molecular formula is C16H15FN2O2. The number of amidine groups is 1. The van der Waals surface area contributed by atoms with Gasteiger partial charge in [-0.1, -0.05) is 12.1 Å². The van der Waals surface area contributed by atoms with Crippen molar-refractivity contribution in [3.63, 3.8) is 0 Å². The first kappa shape index (κ1) is 14.9. The maximum atomic E-state index is 12.8. The summed E-state index contributed by atoms with van der Waals surface area (Å²) in [6.45, 7) is -0.0855. The quantitative estimate of drug-likeness (QED) is 0.504. The molecule has 0 unspecified atom stereocenters. The number of carbonyl (C=O) groups excluding carboxylic acids is 1. The minimum absolute atomic E-state index is 0.0466. The number of aliphatic hydroxyl groups excluding tert-OH is 1. The van der Waals surface area contributed by atoms with Crippen LogP contribution in [0.3, 0.4) is 0 Å². The van der Waals surface area contributed by atoms with E-state index in [0.29, 0.717) is 16.8 Å². The Labute approximate surface area is 121 Å². The smallest absolute Gasteiger partial charge is 0.170 e. The standard InChI is InChI=1S/C16H15FN2O2/c17-13-6-4-12(5-7-13)15(21)9-16(18)19-14-3-1-2-11(8-14)10-20/h1-8,20H,9-10H2,(H2,18,19). The fourth-order valence-corrected chi connectivity index (χ4v) is 1.83. The summed E-state index contributed by atoms with van der Waals surface area (Å²) >= 11 is 0. The molecule has 5 heteroatoms. The van der Waals surface area contributed by atoms with E-state index in [1.807, 2.05) is 0 Å². The molecule has 2 aromatic rings. The zero-order valence-corrected chi connectivity index (χ0v) is 11.3. The minimum Gasteiger partial charge on any atom is -0.392 e. The maximum Gasteiger partial charge on any atom is 0.170 e. The largest absolute Gasteiger partial charge is 0.392 e. The van der Waals surface area contributed by atoms with Crippen LogP contribution >= 0.6 is 0 Å². The lowest BCUT2D eigenvalue weighted by Crippen LogP contribution is -2.16. The average Bonchev–Trinajstić information content (AvgIpc) is 2.47. The van der Waals surface area contributed by atoms with E-state index < -0.39 is 5.82 Å². The number of hydrogen-bond donors (Lipinski definition) is 2. The first-order valence-corrected chi connectivity index (χ1v) is 6.40. The Bertz CT molecular complexity index is 666. The zero-order valence-electron chi connectivity index (χ0n) is 11.3. The third-order valence-electron chi connectivity index (χ3n) is 2.87. The number of aliphatic hydroxyl groups is 1. The van der Waals surface area contributed by atoms with Crippen LogP contribution < -0.4 is 5.73 Å². The molecule has 0 saturated carbocycles. The van der Waals surface area contributed by atoms with Crippen LogP contribution in [0.15, 0.2) is 53.5 Å². The van der Waals surface area contributed by atoms with Gasteiger partial charge in [0.2, 0.25) is 0 Å². The van der Waals surface area contributed by atoms with Gasteiger partial charge in [-0.2, -0.15) is 0 Å². The molecule has 0 aliphatic rings. The van der Waals surface area contributed by atoms with Crippen LogP contribution in [0.2, 0.25) is 0 Å². The number of ketones is 1. The van der Waals surface area contributed by atoms with Gasteiger partial charge in [0.05, 0.1) is 18.7 Å².